The van der Waals surface area contributed by atoms with E-state index in [2.05, 4.69) is 15.3 Å². The van der Waals surface area contributed by atoms with Crippen LogP contribution in [0.15, 0.2) is 35.3 Å². The summed E-state index contributed by atoms with van der Waals surface area (Å²) < 4.78 is 26.9. The van der Waals surface area contributed by atoms with Gasteiger partial charge in [0, 0.05) is 34.5 Å². The molecule has 5 nitrogen and oxygen atoms in total. The summed E-state index contributed by atoms with van der Waals surface area (Å²) in [6.45, 7) is 5.18. The Morgan fingerprint density at radius 2 is 2.00 bits per heavy atom. The fourth-order valence-electron chi connectivity index (χ4n) is 3.09. The van der Waals surface area contributed by atoms with Gasteiger partial charge in [-0.25, -0.2) is 8.78 Å². The van der Waals surface area contributed by atoms with Gasteiger partial charge in [-0.2, -0.15) is 0 Å². The second-order valence-electron chi connectivity index (χ2n) is 6.56. The Hall–Kier alpha value is -3.09. The van der Waals surface area contributed by atoms with Crippen LogP contribution in [-0.2, 0) is 11.2 Å². The smallest absolute Gasteiger partial charge is 0.252 e. The predicted molar refractivity (Wildman–Crippen MR) is 98.5 cm³/mol. The largest absolute Gasteiger partial charge is 0.349 e. The number of hydrogen-bond donors (Lipinski definition) is 2. The molecular weight excluding hydrogens is 352 g/mol. The number of aromatic nitrogens is 2. The van der Waals surface area contributed by atoms with Crippen LogP contribution >= 0.6 is 0 Å². The van der Waals surface area contributed by atoms with Crippen LogP contribution in [0.1, 0.15) is 35.3 Å². The molecular formula is C20H19F2N3O2. The summed E-state index contributed by atoms with van der Waals surface area (Å²) in [7, 11) is 0. The van der Waals surface area contributed by atoms with Gasteiger partial charge in [0.25, 0.3) is 5.56 Å². The highest BCUT2D eigenvalue weighted by Crippen LogP contribution is 2.19. The number of aromatic amines is 1. The summed E-state index contributed by atoms with van der Waals surface area (Å²) in [6, 6.07) is 4.30. The van der Waals surface area contributed by atoms with Crippen LogP contribution in [0.4, 0.5) is 8.78 Å². The molecule has 2 N–H and O–H groups in total. The van der Waals surface area contributed by atoms with E-state index in [9.17, 15) is 18.4 Å². The van der Waals surface area contributed by atoms with E-state index in [0.29, 0.717) is 16.6 Å². The van der Waals surface area contributed by atoms with Crippen LogP contribution in [0.25, 0.3) is 10.9 Å². The zero-order valence-electron chi connectivity index (χ0n) is 15.2. The van der Waals surface area contributed by atoms with Gasteiger partial charge < -0.3 is 10.3 Å². The Kier molecular flexibility index (Phi) is 5.03. The van der Waals surface area contributed by atoms with Crippen LogP contribution in [0.2, 0.25) is 0 Å². The zero-order chi connectivity index (χ0) is 19.7. The lowest BCUT2D eigenvalue weighted by Gasteiger charge is -2.16. The van der Waals surface area contributed by atoms with Crippen molar-refractivity contribution in [2.24, 2.45) is 0 Å². The molecule has 2 aromatic heterocycles. The van der Waals surface area contributed by atoms with Crippen molar-refractivity contribution >= 4 is 16.8 Å². The summed E-state index contributed by atoms with van der Waals surface area (Å²) in [5.74, 6) is -1.85. The predicted octanol–water partition coefficient (Wildman–Crippen LogP) is 3.24. The monoisotopic (exact) mass is 371 g/mol. The van der Waals surface area contributed by atoms with Gasteiger partial charge in [-0.05, 0) is 38.5 Å². The van der Waals surface area contributed by atoms with Crippen molar-refractivity contribution in [2.75, 3.05) is 0 Å². The minimum atomic E-state index is -0.732. The van der Waals surface area contributed by atoms with Crippen molar-refractivity contribution in [3.8, 4) is 0 Å². The third-order valence-electron chi connectivity index (χ3n) is 4.56. The molecule has 140 valence electrons. The molecule has 0 saturated heterocycles. The first-order valence-corrected chi connectivity index (χ1v) is 8.48. The van der Waals surface area contributed by atoms with Gasteiger partial charge in [-0.1, -0.05) is 6.07 Å². The number of benzene rings is 1. The second kappa shape index (κ2) is 7.26. The summed E-state index contributed by atoms with van der Waals surface area (Å²) in [5.41, 5.74) is 2.28. The van der Waals surface area contributed by atoms with Crippen molar-refractivity contribution < 1.29 is 13.6 Å². The molecule has 1 amide bonds. The molecule has 0 saturated carbocycles. The Morgan fingerprint density at radius 1 is 1.26 bits per heavy atom. The molecule has 27 heavy (non-hydrogen) atoms. The summed E-state index contributed by atoms with van der Waals surface area (Å²) in [6.07, 6.45) is 1.51. The number of aryl methyl sites for hydroxylation is 2. The molecule has 1 atom stereocenters. The van der Waals surface area contributed by atoms with Gasteiger partial charge in [0.2, 0.25) is 5.91 Å². The molecule has 0 fully saturated rings. The highest BCUT2D eigenvalue weighted by atomic mass is 19.1. The first-order chi connectivity index (χ1) is 12.8. The standard InChI is InChI=1S/C20H19F2N3O2/c1-10-6-18-16(9-23-10)11(2)15(20(27)25-18)8-19(26)24-12(3)14-5-4-13(21)7-17(14)22/h4-7,9,12H,8H2,1-3H3,(H,24,26)(H,25,27)/t12-/m0/s1. The van der Waals surface area contributed by atoms with E-state index in [1.807, 2.05) is 6.92 Å². The quantitative estimate of drug-likeness (QED) is 0.739. The Bertz CT molecular complexity index is 1090. The number of amides is 1. The number of nitrogens with zero attached hydrogens (tertiary/aromatic N) is 1. The van der Waals surface area contributed by atoms with Crippen LogP contribution in [0.5, 0.6) is 0 Å². The van der Waals surface area contributed by atoms with Gasteiger partial charge >= 0.3 is 0 Å². The van der Waals surface area contributed by atoms with Crippen LogP contribution in [-0.4, -0.2) is 15.9 Å². The number of pyridine rings is 2. The first-order valence-electron chi connectivity index (χ1n) is 8.48. The van der Waals surface area contributed by atoms with E-state index in [0.717, 1.165) is 23.2 Å². The van der Waals surface area contributed by atoms with Crippen LogP contribution < -0.4 is 10.9 Å². The number of nitrogens with one attached hydrogen (secondary N) is 2. The molecule has 0 aliphatic rings. The number of carbonyl (C=O) groups excluding carboxylic acids is 1. The maximum atomic E-state index is 13.9. The zero-order valence-corrected chi connectivity index (χ0v) is 15.2. The lowest BCUT2D eigenvalue weighted by Crippen LogP contribution is -2.31. The van der Waals surface area contributed by atoms with Crippen LogP contribution in [0, 0.1) is 25.5 Å². The molecule has 0 radical (unpaired) electrons. The molecule has 1 aromatic carbocycles. The molecule has 0 unspecified atom stereocenters. The van der Waals surface area contributed by atoms with Crippen molar-refractivity contribution in [3.05, 3.63) is 74.8 Å². The van der Waals surface area contributed by atoms with Crippen LogP contribution in [0.3, 0.4) is 0 Å². The lowest BCUT2D eigenvalue weighted by atomic mass is 10.0. The van der Waals surface area contributed by atoms with E-state index in [1.54, 1.807) is 26.1 Å². The van der Waals surface area contributed by atoms with Gasteiger partial charge in [0.1, 0.15) is 11.6 Å². The summed E-state index contributed by atoms with van der Waals surface area (Å²) >= 11 is 0. The first kappa shape index (κ1) is 18.7. The SMILES string of the molecule is Cc1cc2[nH]c(=O)c(CC(=O)N[C@@H](C)c3ccc(F)cc3F)c(C)c2cn1. The Balaban J connectivity index is 1.83. The average molecular weight is 371 g/mol. The molecule has 3 rings (SSSR count). The van der Waals surface area contributed by atoms with Gasteiger partial charge in [0.05, 0.1) is 18.0 Å². The summed E-state index contributed by atoms with van der Waals surface area (Å²) in [4.78, 5) is 31.8. The Morgan fingerprint density at radius 3 is 2.70 bits per heavy atom. The molecule has 0 bridgehead atoms. The Labute approximate surface area is 154 Å². The number of hydrogen-bond acceptors (Lipinski definition) is 3. The molecule has 3 aromatic rings. The van der Waals surface area contributed by atoms with E-state index < -0.39 is 23.6 Å². The van der Waals surface area contributed by atoms with E-state index in [1.165, 1.54) is 6.07 Å². The average Bonchev–Trinajstić information content (AvgIpc) is 2.58. The van der Waals surface area contributed by atoms with Gasteiger partial charge in [-0.3, -0.25) is 14.6 Å². The maximum absolute atomic E-state index is 13.9. The number of carbonyl (C=O) groups is 1. The molecule has 0 aliphatic heterocycles. The minimum absolute atomic E-state index is 0.155. The third-order valence-corrected chi connectivity index (χ3v) is 4.56. The number of halogens is 2. The fourth-order valence-corrected chi connectivity index (χ4v) is 3.09. The highest BCUT2D eigenvalue weighted by Gasteiger charge is 2.17. The molecule has 7 heteroatoms. The lowest BCUT2D eigenvalue weighted by molar-refractivity contribution is -0.121. The van der Waals surface area contributed by atoms with Crippen molar-refractivity contribution in [2.45, 2.75) is 33.2 Å². The van der Waals surface area contributed by atoms with E-state index >= 15 is 0 Å². The number of rotatable bonds is 4. The topological polar surface area (TPSA) is 74.8 Å². The van der Waals surface area contributed by atoms with E-state index in [-0.39, 0.29) is 17.5 Å². The highest BCUT2D eigenvalue weighted by molar-refractivity contribution is 5.85. The van der Waals surface area contributed by atoms with E-state index in [4.69, 9.17) is 0 Å². The second-order valence-corrected chi connectivity index (χ2v) is 6.56. The third kappa shape index (κ3) is 3.86. The van der Waals surface area contributed by atoms with Gasteiger partial charge in [-0.15, -0.1) is 0 Å². The summed E-state index contributed by atoms with van der Waals surface area (Å²) in [5, 5.41) is 3.41. The van der Waals surface area contributed by atoms with Crippen molar-refractivity contribution in [1.29, 1.82) is 0 Å². The number of fused-ring (bicyclic) bond motifs is 1. The maximum Gasteiger partial charge on any atom is 0.252 e. The van der Waals surface area contributed by atoms with Gasteiger partial charge in [0.15, 0.2) is 0 Å². The molecule has 2 heterocycles. The van der Waals surface area contributed by atoms with Crippen molar-refractivity contribution in [3.63, 3.8) is 0 Å². The van der Waals surface area contributed by atoms with Crippen molar-refractivity contribution in [1.82, 2.24) is 15.3 Å². The minimum Gasteiger partial charge on any atom is -0.349 e. The number of H-pyrrole nitrogens is 1. The fraction of sp³-hybridized carbons (Fsp3) is 0.250. The molecule has 0 aliphatic carbocycles. The molecule has 0 spiro atoms. The normalized spacial score (nSPS) is 12.2.